The molecule has 0 bridgehead atoms. The zero-order valence-corrected chi connectivity index (χ0v) is 11.1. The number of aromatic nitrogens is 1. The van der Waals surface area contributed by atoms with Crippen LogP contribution in [0.25, 0.3) is 0 Å². The molecule has 2 aromatic rings. The first-order valence-electron chi connectivity index (χ1n) is 5.94. The second kappa shape index (κ2) is 6.75. The van der Waals surface area contributed by atoms with Gasteiger partial charge in [-0.05, 0) is 23.1 Å². The maximum atomic E-state index is 11.6. The van der Waals surface area contributed by atoms with Gasteiger partial charge in [0.1, 0.15) is 0 Å². The lowest BCUT2D eigenvalue weighted by atomic mass is 10.3. The van der Waals surface area contributed by atoms with E-state index in [-0.39, 0.29) is 18.2 Å². The van der Waals surface area contributed by atoms with Crippen molar-refractivity contribution in [1.82, 2.24) is 15.6 Å². The molecule has 2 rings (SSSR count). The Bertz CT molecular complexity index is 520. The summed E-state index contributed by atoms with van der Waals surface area (Å²) in [6.07, 6.45) is 3.92. The van der Waals surface area contributed by atoms with Crippen LogP contribution in [-0.2, 0) is 11.3 Å². The highest BCUT2D eigenvalue weighted by Crippen LogP contribution is 2.05. The van der Waals surface area contributed by atoms with Crippen LogP contribution >= 0.6 is 11.3 Å². The van der Waals surface area contributed by atoms with Gasteiger partial charge in [0.15, 0.2) is 0 Å². The van der Waals surface area contributed by atoms with Gasteiger partial charge in [-0.2, -0.15) is 11.3 Å². The minimum absolute atomic E-state index is 0.0770. The standard InChI is InChI=1S/C13H15N3O2S/c17-12(16-8-10-1-4-14-7-10)2-5-15-13(18)11-3-6-19-9-11/h1,3-4,6-7,9,14H,2,5,8H2,(H,15,18)(H,16,17). The molecule has 0 aromatic carbocycles. The summed E-state index contributed by atoms with van der Waals surface area (Å²) in [7, 11) is 0. The van der Waals surface area contributed by atoms with E-state index in [0.717, 1.165) is 5.56 Å². The molecule has 0 radical (unpaired) electrons. The van der Waals surface area contributed by atoms with Gasteiger partial charge in [-0.25, -0.2) is 0 Å². The molecule has 0 saturated heterocycles. The van der Waals surface area contributed by atoms with Gasteiger partial charge in [0, 0.05) is 42.8 Å². The van der Waals surface area contributed by atoms with Crippen LogP contribution in [0.4, 0.5) is 0 Å². The number of aromatic amines is 1. The van der Waals surface area contributed by atoms with Crippen molar-refractivity contribution in [2.24, 2.45) is 0 Å². The average Bonchev–Trinajstić information content (AvgIpc) is 3.09. The third-order valence-corrected chi connectivity index (χ3v) is 3.26. The largest absolute Gasteiger partial charge is 0.367 e. The number of carbonyl (C=O) groups is 2. The third kappa shape index (κ3) is 4.26. The third-order valence-electron chi connectivity index (χ3n) is 2.57. The monoisotopic (exact) mass is 277 g/mol. The van der Waals surface area contributed by atoms with Crippen molar-refractivity contribution in [1.29, 1.82) is 0 Å². The summed E-state index contributed by atoms with van der Waals surface area (Å²) in [5, 5.41) is 9.12. The molecule has 0 saturated carbocycles. The van der Waals surface area contributed by atoms with Crippen LogP contribution in [0, 0.1) is 0 Å². The number of amides is 2. The van der Waals surface area contributed by atoms with Crippen LogP contribution < -0.4 is 10.6 Å². The first-order chi connectivity index (χ1) is 9.25. The van der Waals surface area contributed by atoms with Gasteiger partial charge in [0.05, 0.1) is 0 Å². The van der Waals surface area contributed by atoms with E-state index in [9.17, 15) is 9.59 Å². The number of thiophene rings is 1. The van der Waals surface area contributed by atoms with Crippen molar-refractivity contribution < 1.29 is 9.59 Å². The summed E-state index contributed by atoms with van der Waals surface area (Å²) in [5.74, 6) is -0.216. The molecule has 2 amide bonds. The molecule has 0 fully saturated rings. The van der Waals surface area contributed by atoms with Crippen molar-refractivity contribution in [3.05, 3.63) is 46.4 Å². The summed E-state index contributed by atoms with van der Waals surface area (Å²) in [5.41, 5.74) is 1.66. The van der Waals surface area contributed by atoms with Crippen molar-refractivity contribution in [2.75, 3.05) is 6.54 Å². The first kappa shape index (κ1) is 13.4. The summed E-state index contributed by atoms with van der Waals surface area (Å²) < 4.78 is 0. The maximum Gasteiger partial charge on any atom is 0.252 e. The van der Waals surface area contributed by atoms with Crippen LogP contribution in [0.3, 0.4) is 0 Å². The lowest BCUT2D eigenvalue weighted by molar-refractivity contribution is -0.121. The van der Waals surface area contributed by atoms with Gasteiger partial charge < -0.3 is 15.6 Å². The Hall–Kier alpha value is -2.08. The number of hydrogen-bond donors (Lipinski definition) is 3. The van der Waals surface area contributed by atoms with E-state index >= 15 is 0 Å². The van der Waals surface area contributed by atoms with E-state index in [0.29, 0.717) is 18.7 Å². The highest BCUT2D eigenvalue weighted by Gasteiger charge is 2.06. The van der Waals surface area contributed by atoms with Crippen LogP contribution in [0.2, 0.25) is 0 Å². The normalized spacial score (nSPS) is 10.1. The molecule has 100 valence electrons. The van der Waals surface area contributed by atoms with Gasteiger partial charge in [0.25, 0.3) is 5.91 Å². The van der Waals surface area contributed by atoms with E-state index < -0.39 is 0 Å². The molecular formula is C13H15N3O2S. The Kier molecular flexibility index (Phi) is 4.74. The van der Waals surface area contributed by atoms with E-state index in [1.165, 1.54) is 11.3 Å². The van der Waals surface area contributed by atoms with Crippen molar-refractivity contribution in [2.45, 2.75) is 13.0 Å². The van der Waals surface area contributed by atoms with E-state index in [4.69, 9.17) is 0 Å². The molecule has 6 heteroatoms. The first-order valence-corrected chi connectivity index (χ1v) is 6.89. The number of H-pyrrole nitrogens is 1. The SMILES string of the molecule is O=C(CCNC(=O)c1ccsc1)NCc1cc[nH]c1. The topological polar surface area (TPSA) is 74.0 Å². The Labute approximate surface area is 115 Å². The highest BCUT2D eigenvalue weighted by molar-refractivity contribution is 7.08. The molecule has 19 heavy (non-hydrogen) atoms. The van der Waals surface area contributed by atoms with Crippen LogP contribution in [-0.4, -0.2) is 23.3 Å². The summed E-state index contributed by atoms with van der Waals surface area (Å²) in [6.45, 7) is 0.842. The fourth-order valence-corrected chi connectivity index (χ4v) is 2.18. The van der Waals surface area contributed by atoms with Crippen LogP contribution in [0.1, 0.15) is 22.3 Å². The minimum Gasteiger partial charge on any atom is -0.367 e. The summed E-state index contributed by atoms with van der Waals surface area (Å²) in [4.78, 5) is 26.0. The smallest absolute Gasteiger partial charge is 0.252 e. The molecule has 0 aliphatic carbocycles. The number of carbonyl (C=O) groups excluding carboxylic acids is 2. The fraction of sp³-hybridized carbons (Fsp3) is 0.231. The molecule has 5 nitrogen and oxygen atoms in total. The number of nitrogens with one attached hydrogen (secondary N) is 3. The lowest BCUT2D eigenvalue weighted by Crippen LogP contribution is -2.30. The van der Waals surface area contributed by atoms with Gasteiger partial charge in [-0.15, -0.1) is 0 Å². The molecular weight excluding hydrogens is 262 g/mol. The molecule has 0 unspecified atom stereocenters. The molecule has 2 aromatic heterocycles. The zero-order valence-electron chi connectivity index (χ0n) is 10.3. The van der Waals surface area contributed by atoms with E-state index in [1.54, 1.807) is 11.4 Å². The van der Waals surface area contributed by atoms with Crippen molar-refractivity contribution in [3.63, 3.8) is 0 Å². The van der Waals surface area contributed by atoms with Crippen molar-refractivity contribution >= 4 is 23.2 Å². The van der Waals surface area contributed by atoms with Crippen molar-refractivity contribution in [3.8, 4) is 0 Å². The van der Waals surface area contributed by atoms with Crippen LogP contribution in [0.5, 0.6) is 0 Å². The quantitative estimate of drug-likeness (QED) is 0.749. The molecule has 3 N–H and O–H groups in total. The van der Waals surface area contributed by atoms with Crippen LogP contribution in [0.15, 0.2) is 35.3 Å². The Balaban J connectivity index is 1.63. The number of rotatable bonds is 6. The molecule has 0 aliphatic rings. The Morgan fingerprint density at radius 1 is 1.26 bits per heavy atom. The van der Waals surface area contributed by atoms with Gasteiger partial charge in [-0.3, -0.25) is 9.59 Å². The maximum absolute atomic E-state index is 11.6. The van der Waals surface area contributed by atoms with Gasteiger partial charge in [0.2, 0.25) is 5.91 Å². The minimum atomic E-state index is -0.139. The number of hydrogen-bond acceptors (Lipinski definition) is 3. The molecule has 0 spiro atoms. The summed E-state index contributed by atoms with van der Waals surface area (Å²) >= 11 is 1.47. The fourth-order valence-electron chi connectivity index (χ4n) is 1.54. The predicted octanol–water partition coefficient (Wildman–Crippen LogP) is 1.51. The molecule has 2 heterocycles. The molecule has 0 atom stereocenters. The Morgan fingerprint density at radius 2 is 2.16 bits per heavy atom. The highest BCUT2D eigenvalue weighted by atomic mass is 32.1. The average molecular weight is 277 g/mol. The zero-order chi connectivity index (χ0) is 13.5. The van der Waals surface area contributed by atoms with E-state index in [1.807, 2.05) is 23.8 Å². The lowest BCUT2D eigenvalue weighted by Gasteiger charge is -2.05. The second-order valence-corrected chi connectivity index (χ2v) is 4.79. The molecule has 0 aliphatic heterocycles. The predicted molar refractivity (Wildman–Crippen MR) is 73.9 cm³/mol. The summed E-state index contributed by atoms with van der Waals surface area (Å²) in [6, 6.07) is 3.66. The van der Waals surface area contributed by atoms with Gasteiger partial charge in [-0.1, -0.05) is 0 Å². The van der Waals surface area contributed by atoms with E-state index in [2.05, 4.69) is 15.6 Å². The van der Waals surface area contributed by atoms with Gasteiger partial charge >= 0.3 is 0 Å². The Morgan fingerprint density at radius 3 is 2.84 bits per heavy atom. The second-order valence-electron chi connectivity index (χ2n) is 4.01.